The molecular weight excluding hydrogens is 340 g/mol. The Kier molecular flexibility index (Phi) is 5.71. The van der Waals surface area contributed by atoms with Crippen LogP contribution >= 0.6 is 0 Å². The van der Waals surface area contributed by atoms with Gasteiger partial charge in [0.2, 0.25) is 0 Å². The number of carbonyl (C=O) groups excluding carboxylic acids is 1. The van der Waals surface area contributed by atoms with Crippen molar-refractivity contribution >= 4 is 5.91 Å². The number of rotatable bonds is 5. The van der Waals surface area contributed by atoms with Crippen LogP contribution in [0.1, 0.15) is 23.2 Å². The Labute approximate surface area is 151 Å². The Morgan fingerprint density at radius 2 is 2.00 bits per heavy atom. The lowest BCUT2D eigenvalue weighted by atomic mass is 9.98. The third kappa shape index (κ3) is 4.31. The molecule has 6 heteroatoms. The SMILES string of the molecule is COc1cccc(OC[C@@H]2CCCN(C(=O)c3ccc(F)cc3F)C2)c1. The quantitative estimate of drug-likeness (QED) is 0.811. The number of ether oxygens (including phenoxy) is 2. The van der Waals surface area contributed by atoms with Gasteiger partial charge in [-0.1, -0.05) is 6.07 Å². The highest BCUT2D eigenvalue weighted by Crippen LogP contribution is 2.23. The largest absolute Gasteiger partial charge is 0.497 e. The van der Waals surface area contributed by atoms with Gasteiger partial charge in [0.15, 0.2) is 0 Å². The van der Waals surface area contributed by atoms with E-state index in [1.807, 2.05) is 18.2 Å². The van der Waals surface area contributed by atoms with Crippen LogP contribution in [0.2, 0.25) is 0 Å². The Morgan fingerprint density at radius 3 is 2.77 bits per heavy atom. The van der Waals surface area contributed by atoms with Crippen LogP contribution in [0.25, 0.3) is 0 Å². The van der Waals surface area contributed by atoms with Crippen molar-refractivity contribution in [2.75, 3.05) is 26.8 Å². The van der Waals surface area contributed by atoms with Gasteiger partial charge in [0.05, 0.1) is 19.3 Å². The summed E-state index contributed by atoms with van der Waals surface area (Å²) in [7, 11) is 1.60. The van der Waals surface area contributed by atoms with E-state index in [0.717, 1.165) is 30.7 Å². The second kappa shape index (κ2) is 8.17. The monoisotopic (exact) mass is 361 g/mol. The maximum absolute atomic E-state index is 13.9. The van der Waals surface area contributed by atoms with Crippen LogP contribution < -0.4 is 9.47 Å². The number of methoxy groups -OCH3 is 1. The average Bonchev–Trinajstić information content (AvgIpc) is 2.66. The van der Waals surface area contributed by atoms with Crippen molar-refractivity contribution in [2.24, 2.45) is 5.92 Å². The summed E-state index contributed by atoms with van der Waals surface area (Å²) >= 11 is 0. The first-order valence-electron chi connectivity index (χ1n) is 8.58. The lowest BCUT2D eigenvalue weighted by Gasteiger charge is -2.32. The minimum atomic E-state index is -0.829. The average molecular weight is 361 g/mol. The van der Waals surface area contributed by atoms with Crippen molar-refractivity contribution in [3.05, 3.63) is 59.7 Å². The van der Waals surface area contributed by atoms with Crippen molar-refractivity contribution in [1.82, 2.24) is 4.90 Å². The summed E-state index contributed by atoms with van der Waals surface area (Å²) in [6.45, 7) is 1.51. The van der Waals surface area contributed by atoms with E-state index in [4.69, 9.17) is 9.47 Å². The summed E-state index contributed by atoms with van der Waals surface area (Å²) in [5, 5.41) is 0. The van der Waals surface area contributed by atoms with Gasteiger partial charge in [-0.25, -0.2) is 8.78 Å². The highest BCUT2D eigenvalue weighted by atomic mass is 19.1. The molecule has 0 unspecified atom stereocenters. The van der Waals surface area contributed by atoms with Crippen molar-refractivity contribution in [1.29, 1.82) is 0 Å². The summed E-state index contributed by atoms with van der Waals surface area (Å²) in [6.07, 6.45) is 1.75. The molecule has 3 rings (SSSR count). The van der Waals surface area contributed by atoms with Crippen LogP contribution in [0.4, 0.5) is 8.78 Å². The van der Waals surface area contributed by atoms with Gasteiger partial charge in [-0.05, 0) is 37.1 Å². The molecule has 2 aromatic carbocycles. The molecule has 0 spiro atoms. The molecule has 1 atom stereocenters. The fourth-order valence-corrected chi connectivity index (χ4v) is 3.12. The third-order valence-electron chi connectivity index (χ3n) is 4.49. The Hall–Kier alpha value is -2.63. The normalized spacial score (nSPS) is 17.0. The standard InChI is InChI=1S/C20H21F2NO3/c1-25-16-5-2-6-17(11-16)26-13-14-4-3-9-23(12-14)20(24)18-8-7-15(21)10-19(18)22/h2,5-8,10-11,14H,3-4,9,12-13H2,1H3/t14-/m1/s1. The number of halogens is 2. The van der Waals surface area contributed by atoms with E-state index < -0.39 is 17.5 Å². The first-order valence-corrected chi connectivity index (χ1v) is 8.58. The van der Waals surface area contributed by atoms with Gasteiger partial charge >= 0.3 is 0 Å². The molecule has 1 aliphatic rings. The molecule has 1 heterocycles. The van der Waals surface area contributed by atoms with Crippen LogP contribution in [-0.2, 0) is 0 Å². The fourth-order valence-electron chi connectivity index (χ4n) is 3.12. The van der Waals surface area contributed by atoms with Gasteiger partial charge in [0.1, 0.15) is 23.1 Å². The molecule has 0 radical (unpaired) electrons. The van der Waals surface area contributed by atoms with Crippen molar-refractivity contribution in [3.8, 4) is 11.5 Å². The maximum atomic E-state index is 13.9. The molecule has 0 N–H and O–H groups in total. The Balaban J connectivity index is 1.60. The Morgan fingerprint density at radius 1 is 1.19 bits per heavy atom. The number of likely N-dealkylation sites (tertiary alicyclic amines) is 1. The maximum Gasteiger partial charge on any atom is 0.256 e. The summed E-state index contributed by atoms with van der Waals surface area (Å²) in [5.74, 6) is -0.352. The molecule has 0 saturated carbocycles. The number of piperidine rings is 1. The van der Waals surface area contributed by atoms with Crippen molar-refractivity contribution in [2.45, 2.75) is 12.8 Å². The van der Waals surface area contributed by atoms with E-state index in [1.165, 1.54) is 6.07 Å². The lowest BCUT2D eigenvalue weighted by Crippen LogP contribution is -2.41. The van der Waals surface area contributed by atoms with E-state index in [0.29, 0.717) is 25.4 Å². The van der Waals surface area contributed by atoms with Crippen molar-refractivity contribution in [3.63, 3.8) is 0 Å². The molecule has 138 valence electrons. The fraction of sp³-hybridized carbons (Fsp3) is 0.350. The molecule has 0 aromatic heterocycles. The predicted octanol–water partition coefficient (Wildman–Crippen LogP) is 3.90. The number of nitrogens with zero attached hydrogens (tertiary/aromatic N) is 1. The molecule has 1 saturated heterocycles. The van der Waals surface area contributed by atoms with Gasteiger partial charge in [-0.15, -0.1) is 0 Å². The van der Waals surface area contributed by atoms with E-state index >= 15 is 0 Å². The van der Waals surface area contributed by atoms with Crippen LogP contribution in [-0.4, -0.2) is 37.6 Å². The highest BCUT2D eigenvalue weighted by Gasteiger charge is 2.26. The second-order valence-corrected chi connectivity index (χ2v) is 6.37. The second-order valence-electron chi connectivity index (χ2n) is 6.37. The van der Waals surface area contributed by atoms with E-state index in [2.05, 4.69) is 0 Å². The number of amides is 1. The van der Waals surface area contributed by atoms with Crippen LogP contribution in [0.5, 0.6) is 11.5 Å². The zero-order valence-electron chi connectivity index (χ0n) is 14.6. The van der Waals surface area contributed by atoms with Crippen molar-refractivity contribution < 1.29 is 23.0 Å². The third-order valence-corrected chi connectivity index (χ3v) is 4.49. The molecule has 1 amide bonds. The van der Waals surface area contributed by atoms with Crippen LogP contribution in [0.3, 0.4) is 0 Å². The number of benzene rings is 2. The molecule has 26 heavy (non-hydrogen) atoms. The lowest BCUT2D eigenvalue weighted by molar-refractivity contribution is 0.0628. The highest BCUT2D eigenvalue weighted by molar-refractivity contribution is 5.94. The zero-order valence-corrected chi connectivity index (χ0v) is 14.6. The number of hydrogen-bond acceptors (Lipinski definition) is 3. The molecule has 4 nitrogen and oxygen atoms in total. The molecular formula is C20H21F2NO3. The summed E-state index contributed by atoms with van der Waals surface area (Å²) in [5.41, 5.74) is -0.0965. The molecule has 1 fully saturated rings. The van der Waals surface area contributed by atoms with E-state index in [1.54, 1.807) is 18.1 Å². The molecule has 2 aromatic rings. The molecule has 0 aliphatic carbocycles. The predicted molar refractivity (Wildman–Crippen MR) is 93.5 cm³/mol. The van der Waals surface area contributed by atoms with E-state index in [9.17, 15) is 13.6 Å². The minimum Gasteiger partial charge on any atom is -0.497 e. The number of carbonyl (C=O) groups is 1. The van der Waals surface area contributed by atoms with Gasteiger partial charge in [0, 0.05) is 31.1 Å². The van der Waals surface area contributed by atoms with Crippen LogP contribution in [0, 0.1) is 17.6 Å². The smallest absolute Gasteiger partial charge is 0.256 e. The summed E-state index contributed by atoms with van der Waals surface area (Å²) < 4.78 is 37.9. The summed E-state index contributed by atoms with van der Waals surface area (Å²) in [6, 6.07) is 10.4. The van der Waals surface area contributed by atoms with Gasteiger partial charge in [0.25, 0.3) is 5.91 Å². The van der Waals surface area contributed by atoms with Gasteiger partial charge < -0.3 is 14.4 Å². The van der Waals surface area contributed by atoms with Gasteiger partial charge in [-0.2, -0.15) is 0 Å². The molecule has 1 aliphatic heterocycles. The van der Waals surface area contributed by atoms with Gasteiger partial charge in [-0.3, -0.25) is 4.79 Å². The first-order chi connectivity index (χ1) is 12.6. The number of hydrogen-bond donors (Lipinski definition) is 0. The topological polar surface area (TPSA) is 38.8 Å². The minimum absolute atomic E-state index is 0.0965. The zero-order chi connectivity index (χ0) is 18.5. The van der Waals surface area contributed by atoms with E-state index in [-0.39, 0.29) is 11.5 Å². The summed E-state index contributed by atoms with van der Waals surface area (Å²) in [4.78, 5) is 14.2. The van der Waals surface area contributed by atoms with Crippen LogP contribution in [0.15, 0.2) is 42.5 Å². The first kappa shape index (κ1) is 18.2. The Bertz CT molecular complexity index is 781. The molecule has 0 bridgehead atoms.